The van der Waals surface area contributed by atoms with E-state index >= 15 is 0 Å². The Labute approximate surface area is 131 Å². The monoisotopic (exact) mass is 374 g/mol. The molecule has 0 bridgehead atoms. The van der Waals surface area contributed by atoms with Crippen molar-refractivity contribution >= 4 is 37.6 Å². The van der Waals surface area contributed by atoms with Gasteiger partial charge in [0.15, 0.2) is 0 Å². The van der Waals surface area contributed by atoms with Crippen LogP contribution in [0, 0.1) is 0 Å². The molecular weight excluding hydrogens is 364 g/mol. The van der Waals surface area contributed by atoms with E-state index in [-0.39, 0.29) is 16.0 Å². The summed E-state index contributed by atoms with van der Waals surface area (Å²) >= 11 is 9.23. The number of aromatic nitrogens is 1. The quantitative estimate of drug-likeness (QED) is 0.889. The number of hydrogen-bond acceptors (Lipinski definition) is 3. The second-order valence-electron chi connectivity index (χ2n) is 4.20. The molecule has 1 atom stereocenters. The van der Waals surface area contributed by atoms with Crippen molar-refractivity contribution in [3.63, 3.8) is 0 Å². The number of nitrogens with zero attached hydrogens (tertiary/aromatic N) is 1. The van der Waals surface area contributed by atoms with Gasteiger partial charge in [0.1, 0.15) is 4.90 Å². The van der Waals surface area contributed by atoms with Gasteiger partial charge in [0, 0.05) is 22.9 Å². The van der Waals surface area contributed by atoms with E-state index in [1.165, 1.54) is 18.5 Å². The Kier molecular flexibility index (Phi) is 4.80. The molecule has 20 heavy (non-hydrogen) atoms. The summed E-state index contributed by atoms with van der Waals surface area (Å²) in [5.41, 5.74) is 0.858. The van der Waals surface area contributed by atoms with E-state index < -0.39 is 10.0 Å². The normalized spacial score (nSPS) is 13.2. The maximum Gasteiger partial charge on any atom is 0.244 e. The summed E-state index contributed by atoms with van der Waals surface area (Å²) in [5, 5.41) is 0.149. The first kappa shape index (κ1) is 15.4. The fourth-order valence-electron chi connectivity index (χ4n) is 1.68. The number of sulfonamides is 1. The van der Waals surface area contributed by atoms with Crippen LogP contribution in [0.2, 0.25) is 5.02 Å². The molecule has 0 amide bonds. The second-order valence-corrected chi connectivity index (χ2v) is 7.21. The van der Waals surface area contributed by atoms with Gasteiger partial charge in [-0.05, 0) is 30.7 Å². The van der Waals surface area contributed by atoms with Crippen LogP contribution >= 0.6 is 27.5 Å². The lowest BCUT2D eigenvalue weighted by Crippen LogP contribution is -2.27. The van der Waals surface area contributed by atoms with E-state index in [1.807, 2.05) is 24.3 Å². The summed E-state index contributed by atoms with van der Waals surface area (Å²) in [7, 11) is -3.70. The minimum absolute atomic E-state index is 0.0226. The molecule has 1 N–H and O–H groups in total. The molecule has 0 aliphatic heterocycles. The average molecular weight is 376 g/mol. The van der Waals surface area contributed by atoms with E-state index in [0.29, 0.717) is 0 Å². The van der Waals surface area contributed by atoms with Crippen LogP contribution in [0.5, 0.6) is 0 Å². The Bertz CT molecular complexity index is 705. The summed E-state index contributed by atoms with van der Waals surface area (Å²) < 4.78 is 28.0. The second kappa shape index (κ2) is 6.22. The molecule has 0 radical (unpaired) electrons. The summed E-state index contributed by atoms with van der Waals surface area (Å²) in [6, 6.07) is 8.49. The fraction of sp³-hybridized carbons (Fsp3) is 0.154. The van der Waals surface area contributed by atoms with Gasteiger partial charge in [-0.25, -0.2) is 13.1 Å². The molecule has 1 heterocycles. The zero-order valence-electron chi connectivity index (χ0n) is 10.5. The van der Waals surface area contributed by atoms with Crippen LogP contribution in [-0.2, 0) is 10.0 Å². The molecule has 7 heteroatoms. The first-order valence-corrected chi connectivity index (χ1v) is 8.43. The van der Waals surface area contributed by atoms with Crippen molar-refractivity contribution in [1.29, 1.82) is 0 Å². The number of nitrogens with one attached hydrogen (secondary N) is 1. The number of hydrogen-bond donors (Lipinski definition) is 1. The third kappa shape index (κ3) is 3.58. The number of benzene rings is 1. The molecule has 0 aliphatic carbocycles. The van der Waals surface area contributed by atoms with Crippen LogP contribution in [0.15, 0.2) is 52.1 Å². The summed E-state index contributed by atoms with van der Waals surface area (Å²) in [4.78, 5) is 3.77. The van der Waals surface area contributed by atoms with Gasteiger partial charge in [-0.3, -0.25) is 4.98 Å². The predicted molar refractivity (Wildman–Crippen MR) is 82.1 cm³/mol. The van der Waals surface area contributed by atoms with Crippen LogP contribution in [0.25, 0.3) is 0 Å². The minimum atomic E-state index is -3.70. The molecule has 4 nitrogen and oxygen atoms in total. The third-order valence-electron chi connectivity index (χ3n) is 2.73. The number of pyridine rings is 1. The molecule has 0 spiro atoms. The highest BCUT2D eigenvalue weighted by molar-refractivity contribution is 9.10. The Hall–Kier alpha value is -0.950. The van der Waals surface area contributed by atoms with E-state index in [2.05, 4.69) is 25.6 Å². The van der Waals surface area contributed by atoms with Gasteiger partial charge in [-0.15, -0.1) is 0 Å². The lowest BCUT2D eigenvalue weighted by atomic mass is 10.1. The molecule has 0 unspecified atom stereocenters. The molecule has 2 rings (SSSR count). The Morgan fingerprint density at radius 2 is 1.90 bits per heavy atom. The maximum atomic E-state index is 12.3. The van der Waals surface area contributed by atoms with Crippen LogP contribution in [0.3, 0.4) is 0 Å². The van der Waals surface area contributed by atoms with E-state index in [0.717, 1.165) is 10.0 Å². The van der Waals surface area contributed by atoms with Crippen molar-refractivity contribution in [3.8, 4) is 0 Å². The third-order valence-corrected chi connectivity index (χ3v) is 5.26. The average Bonchev–Trinajstić information content (AvgIpc) is 2.39. The molecule has 0 saturated heterocycles. The predicted octanol–water partition coefficient (Wildman–Crippen LogP) is 3.54. The van der Waals surface area contributed by atoms with Gasteiger partial charge >= 0.3 is 0 Å². The molecule has 106 valence electrons. The topological polar surface area (TPSA) is 59.1 Å². The zero-order valence-corrected chi connectivity index (χ0v) is 13.7. The van der Waals surface area contributed by atoms with Crippen molar-refractivity contribution in [1.82, 2.24) is 9.71 Å². The lowest BCUT2D eigenvalue weighted by molar-refractivity contribution is 0.566. The zero-order chi connectivity index (χ0) is 14.8. The maximum absolute atomic E-state index is 12.3. The van der Waals surface area contributed by atoms with E-state index in [9.17, 15) is 8.42 Å². The smallest absolute Gasteiger partial charge is 0.244 e. The first-order chi connectivity index (χ1) is 9.40. The van der Waals surface area contributed by atoms with E-state index in [4.69, 9.17) is 11.6 Å². The molecule has 2 aromatic rings. The Balaban J connectivity index is 2.24. The lowest BCUT2D eigenvalue weighted by Gasteiger charge is -2.15. The molecule has 0 saturated carbocycles. The van der Waals surface area contributed by atoms with Crippen LogP contribution < -0.4 is 4.72 Å². The van der Waals surface area contributed by atoms with Crippen molar-refractivity contribution in [2.24, 2.45) is 0 Å². The first-order valence-electron chi connectivity index (χ1n) is 5.77. The van der Waals surface area contributed by atoms with Gasteiger partial charge in [0.2, 0.25) is 10.0 Å². The largest absolute Gasteiger partial charge is 0.263 e. The van der Waals surface area contributed by atoms with Gasteiger partial charge in [0.25, 0.3) is 0 Å². The highest BCUT2D eigenvalue weighted by atomic mass is 79.9. The van der Waals surface area contributed by atoms with Crippen molar-refractivity contribution in [2.75, 3.05) is 0 Å². The number of halogens is 2. The van der Waals surface area contributed by atoms with Crippen LogP contribution in [-0.4, -0.2) is 13.4 Å². The van der Waals surface area contributed by atoms with E-state index in [1.54, 1.807) is 6.92 Å². The summed E-state index contributed by atoms with van der Waals surface area (Å²) in [5.74, 6) is 0. The molecule has 1 aromatic heterocycles. The molecule has 0 fully saturated rings. The standard InChI is InChI=1S/C13H12BrClN2O2S/c1-9(10-2-4-11(14)5-3-10)17-20(18,19)13-8-16-7-6-12(13)15/h2-9,17H,1H3/t9-/m0/s1. The molecule has 0 aliphatic rings. The summed E-state index contributed by atoms with van der Waals surface area (Å²) in [6.07, 6.45) is 2.68. The summed E-state index contributed by atoms with van der Waals surface area (Å²) in [6.45, 7) is 1.77. The van der Waals surface area contributed by atoms with Gasteiger partial charge in [-0.2, -0.15) is 0 Å². The number of rotatable bonds is 4. The van der Waals surface area contributed by atoms with Crippen molar-refractivity contribution < 1.29 is 8.42 Å². The SMILES string of the molecule is C[C@H](NS(=O)(=O)c1cnccc1Cl)c1ccc(Br)cc1. The fourth-order valence-corrected chi connectivity index (χ4v) is 3.60. The highest BCUT2D eigenvalue weighted by Gasteiger charge is 2.21. The van der Waals surface area contributed by atoms with Crippen LogP contribution in [0.1, 0.15) is 18.5 Å². The Morgan fingerprint density at radius 3 is 2.50 bits per heavy atom. The van der Waals surface area contributed by atoms with Crippen molar-refractivity contribution in [3.05, 3.63) is 57.8 Å². The molecule has 1 aromatic carbocycles. The Morgan fingerprint density at radius 1 is 1.25 bits per heavy atom. The van der Waals surface area contributed by atoms with Crippen LogP contribution in [0.4, 0.5) is 0 Å². The van der Waals surface area contributed by atoms with Gasteiger partial charge < -0.3 is 0 Å². The van der Waals surface area contributed by atoms with Gasteiger partial charge in [-0.1, -0.05) is 39.7 Å². The highest BCUT2D eigenvalue weighted by Crippen LogP contribution is 2.22. The minimum Gasteiger partial charge on any atom is -0.263 e. The van der Waals surface area contributed by atoms with Crippen molar-refractivity contribution in [2.45, 2.75) is 17.9 Å². The molecular formula is C13H12BrClN2O2S. The van der Waals surface area contributed by atoms with Gasteiger partial charge in [0.05, 0.1) is 5.02 Å².